The number of amides is 3. The van der Waals surface area contributed by atoms with Gasteiger partial charge in [0.25, 0.3) is 0 Å². The Morgan fingerprint density at radius 3 is 2.65 bits per heavy atom. The van der Waals surface area contributed by atoms with E-state index in [1.807, 2.05) is 55.6 Å². The van der Waals surface area contributed by atoms with Crippen LogP contribution < -0.4 is 25.0 Å². The Kier molecular flexibility index (Phi) is 4.76. The maximum absolute atomic E-state index is 14.3. The Morgan fingerprint density at radius 1 is 0.950 bits per heavy atom. The third-order valence-corrected chi connectivity index (χ3v) is 8.77. The topological polar surface area (TPSA) is 113 Å². The summed E-state index contributed by atoms with van der Waals surface area (Å²) in [5, 5.41) is 7.58. The minimum atomic E-state index is -1.36. The normalized spacial score (nSPS) is 26.5. The molecule has 9 heteroatoms. The van der Waals surface area contributed by atoms with Crippen LogP contribution in [0.3, 0.4) is 0 Å². The van der Waals surface area contributed by atoms with Gasteiger partial charge in [-0.1, -0.05) is 35.9 Å². The molecule has 1 spiro atoms. The van der Waals surface area contributed by atoms with Crippen LogP contribution in [0.15, 0.2) is 66.9 Å². The fraction of sp³-hybridized carbons (Fsp3) is 0.258. The van der Waals surface area contributed by atoms with E-state index in [1.165, 1.54) is 4.90 Å². The molecule has 3 amide bonds. The summed E-state index contributed by atoms with van der Waals surface area (Å²) >= 11 is 0. The van der Waals surface area contributed by atoms with E-state index in [-0.39, 0.29) is 11.8 Å². The molecule has 0 saturated carbocycles. The molecule has 0 aliphatic carbocycles. The predicted octanol–water partition coefficient (Wildman–Crippen LogP) is 3.42. The largest absolute Gasteiger partial charge is 0.486 e. The minimum absolute atomic E-state index is 0.310. The lowest BCUT2D eigenvalue weighted by Crippen LogP contribution is -2.53. The summed E-state index contributed by atoms with van der Waals surface area (Å²) in [4.78, 5) is 47.0. The molecule has 4 aromatic rings. The van der Waals surface area contributed by atoms with Gasteiger partial charge in [-0.25, -0.2) is 4.90 Å². The monoisotopic (exact) mass is 534 g/mol. The highest BCUT2D eigenvalue weighted by Crippen LogP contribution is 2.54. The number of aryl methyl sites for hydroxylation is 1. The molecule has 40 heavy (non-hydrogen) atoms. The summed E-state index contributed by atoms with van der Waals surface area (Å²) < 4.78 is 11.4. The van der Waals surface area contributed by atoms with Crippen LogP contribution in [0.1, 0.15) is 16.7 Å². The molecule has 0 unspecified atom stereocenters. The van der Waals surface area contributed by atoms with Gasteiger partial charge < -0.3 is 19.8 Å². The highest BCUT2D eigenvalue weighted by Gasteiger charge is 2.70. The summed E-state index contributed by atoms with van der Waals surface area (Å²) in [5.74, 6) is -1.62. The van der Waals surface area contributed by atoms with Gasteiger partial charge in [0.2, 0.25) is 17.7 Å². The zero-order valence-corrected chi connectivity index (χ0v) is 21.7. The number of carbonyl (C=O) groups is 3. The Balaban J connectivity index is 1.27. The Morgan fingerprint density at radius 2 is 1.77 bits per heavy atom. The number of rotatable bonds is 3. The second-order valence-corrected chi connectivity index (χ2v) is 11.0. The average molecular weight is 535 g/mol. The van der Waals surface area contributed by atoms with Crippen molar-refractivity contribution >= 4 is 40.0 Å². The second kappa shape index (κ2) is 8.19. The number of para-hydroxylation sites is 1. The van der Waals surface area contributed by atoms with Crippen LogP contribution in [-0.2, 0) is 26.3 Å². The van der Waals surface area contributed by atoms with E-state index in [9.17, 15) is 14.4 Å². The molecule has 4 atom stereocenters. The van der Waals surface area contributed by atoms with Crippen molar-refractivity contribution in [3.8, 4) is 11.5 Å². The lowest BCUT2D eigenvalue weighted by molar-refractivity contribution is -0.130. The maximum atomic E-state index is 14.3. The number of nitrogens with zero attached hydrogens (tertiary/aromatic N) is 1. The van der Waals surface area contributed by atoms with Crippen molar-refractivity contribution in [2.75, 3.05) is 23.4 Å². The second-order valence-electron chi connectivity index (χ2n) is 11.0. The molecule has 2 fully saturated rings. The van der Waals surface area contributed by atoms with Crippen LogP contribution in [0.5, 0.6) is 11.5 Å². The minimum Gasteiger partial charge on any atom is -0.486 e. The molecule has 0 bridgehead atoms. The van der Waals surface area contributed by atoms with E-state index in [0.717, 1.165) is 22.0 Å². The van der Waals surface area contributed by atoms with Gasteiger partial charge in [0.1, 0.15) is 18.8 Å². The van der Waals surface area contributed by atoms with Crippen molar-refractivity contribution in [3.63, 3.8) is 0 Å². The zero-order chi connectivity index (χ0) is 27.2. The van der Waals surface area contributed by atoms with Gasteiger partial charge >= 0.3 is 0 Å². The van der Waals surface area contributed by atoms with Crippen molar-refractivity contribution < 1.29 is 23.9 Å². The summed E-state index contributed by atoms with van der Waals surface area (Å²) in [5.41, 5.74) is 3.40. The quantitative estimate of drug-likeness (QED) is 0.347. The van der Waals surface area contributed by atoms with Gasteiger partial charge in [-0.15, -0.1) is 0 Å². The van der Waals surface area contributed by atoms with Crippen molar-refractivity contribution in [1.82, 2.24) is 10.3 Å². The van der Waals surface area contributed by atoms with Gasteiger partial charge in [-0.2, -0.15) is 0 Å². The molecule has 3 aromatic carbocycles. The summed E-state index contributed by atoms with van der Waals surface area (Å²) in [6.07, 6.45) is 2.41. The number of hydrogen-bond donors (Lipinski definition) is 3. The van der Waals surface area contributed by atoms with Crippen molar-refractivity contribution in [2.45, 2.75) is 24.9 Å². The smallest absolute Gasteiger partial charge is 0.250 e. The van der Waals surface area contributed by atoms with Crippen LogP contribution in [0.4, 0.5) is 11.4 Å². The fourth-order valence-electron chi connectivity index (χ4n) is 7.05. The number of benzene rings is 3. The molecule has 2 saturated heterocycles. The van der Waals surface area contributed by atoms with Crippen molar-refractivity contribution in [1.29, 1.82) is 0 Å². The lowest BCUT2D eigenvalue weighted by atomic mass is 9.76. The molecule has 200 valence electrons. The van der Waals surface area contributed by atoms with Gasteiger partial charge in [-0.3, -0.25) is 19.7 Å². The van der Waals surface area contributed by atoms with Crippen molar-refractivity contribution in [2.24, 2.45) is 11.8 Å². The highest BCUT2D eigenvalue weighted by molar-refractivity contribution is 6.26. The van der Waals surface area contributed by atoms with Gasteiger partial charge in [0.05, 0.1) is 17.5 Å². The number of nitrogens with one attached hydrogen (secondary N) is 3. The molecule has 9 nitrogen and oxygen atoms in total. The first-order valence-electron chi connectivity index (χ1n) is 13.5. The maximum Gasteiger partial charge on any atom is 0.250 e. The molecular formula is C31H26N4O5. The number of hydrogen-bond acceptors (Lipinski definition) is 6. The standard InChI is InChI=1S/C31H26N4O5/c1-16-6-8-22-20(12-16)31(30(38)33-22)27-26(23(34-31)13-17-15-32-21-5-3-2-4-19(17)21)28(36)35(29(27)37)18-7-9-24-25(14-18)40-11-10-39-24/h2-9,12,14-15,23,26-27,32,34H,10-11,13H2,1H3,(H,33,38)/t23-,26-,27+,31-/m1/s1. The Bertz CT molecular complexity index is 1760. The first kappa shape index (κ1) is 23.3. The van der Waals surface area contributed by atoms with E-state index >= 15 is 0 Å². The number of aromatic amines is 1. The van der Waals surface area contributed by atoms with E-state index in [4.69, 9.17) is 9.47 Å². The van der Waals surface area contributed by atoms with Crippen LogP contribution in [-0.4, -0.2) is 42.0 Å². The fourth-order valence-corrected chi connectivity index (χ4v) is 7.05. The third-order valence-electron chi connectivity index (χ3n) is 8.77. The van der Waals surface area contributed by atoms with Gasteiger partial charge in [-0.05, 0) is 43.2 Å². The van der Waals surface area contributed by atoms with Crippen LogP contribution in [0.25, 0.3) is 10.9 Å². The lowest BCUT2D eigenvalue weighted by Gasteiger charge is -2.30. The summed E-state index contributed by atoms with van der Waals surface area (Å²) in [6.45, 7) is 2.78. The van der Waals surface area contributed by atoms with E-state index in [0.29, 0.717) is 48.1 Å². The van der Waals surface area contributed by atoms with Gasteiger partial charge in [0.15, 0.2) is 11.5 Å². The first-order valence-corrected chi connectivity index (χ1v) is 13.5. The number of ether oxygens (including phenoxy) is 2. The zero-order valence-electron chi connectivity index (χ0n) is 21.7. The Labute approximate surface area is 229 Å². The van der Waals surface area contributed by atoms with Crippen LogP contribution in [0, 0.1) is 18.8 Å². The van der Waals surface area contributed by atoms with E-state index in [2.05, 4.69) is 15.6 Å². The molecule has 1 aromatic heterocycles. The molecular weight excluding hydrogens is 508 g/mol. The Hall–Kier alpha value is -4.63. The van der Waals surface area contributed by atoms with E-state index < -0.39 is 29.3 Å². The molecule has 3 N–H and O–H groups in total. The molecule has 0 radical (unpaired) electrons. The number of aromatic nitrogens is 1. The number of anilines is 2. The van der Waals surface area contributed by atoms with E-state index in [1.54, 1.807) is 18.2 Å². The van der Waals surface area contributed by atoms with Gasteiger partial charge in [0, 0.05) is 40.5 Å². The third kappa shape index (κ3) is 3.03. The highest BCUT2D eigenvalue weighted by atomic mass is 16.6. The SMILES string of the molecule is Cc1ccc2c(c1)[C@]1(N[C@H](Cc3c[nH]c4ccccc34)[C@H]3C(=O)N(c4ccc5c(c4)OCCO5)C(=O)[C@H]31)C(=O)N2. The van der Waals surface area contributed by atoms with Crippen LogP contribution >= 0.6 is 0 Å². The molecule has 4 aliphatic rings. The molecule has 4 aliphatic heterocycles. The first-order chi connectivity index (χ1) is 19.5. The molecule has 5 heterocycles. The average Bonchev–Trinajstić information content (AvgIpc) is 3.67. The predicted molar refractivity (Wildman–Crippen MR) is 147 cm³/mol. The van der Waals surface area contributed by atoms with Crippen molar-refractivity contribution in [3.05, 3.63) is 83.6 Å². The molecule has 8 rings (SSSR count). The van der Waals surface area contributed by atoms with Crippen LogP contribution in [0.2, 0.25) is 0 Å². The summed E-state index contributed by atoms with van der Waals surface area (Å²) in [7, 11) is 0. The number of imide groups is 1. The summed E-state index contributed by atoms with van der Waals surface area (Å²) in [6, 6.07) is 18.3. The number of carbonyl (C=O) groups excluding carboxylic acids is 3. The number of fused-ring (bicyclic) bond motifs is 6. The number of H-pyrrole nitrogens is 1.